The van der Waals surface area contributed by atoms with Crippen molar-refractivity contribution in [2.24, 2.45) is 11.1 Å². The van der Waals surface area contributed by atoms with E-state index in [1.54, 1.807) is 4.90 Å². The molecule has 0 radical (unpaired) electrons. The number of ketones is 1. The van der Waals surface area contributed by atoms with Gasteiger partial charge >= 0.3 is 0 Å². The van der Waals surface area contributed by atoms with Crippen molar-refractivity contribution < 1.29 is 4.79 Å². The number of hydrogen-bond donors (Lipinski definition) is 2. The Kier molecular flexibility index (Phi) is 3.70. The van der Waals surface area contributed by atoms with Crippen molar-refractivity contribution in [2.45, 2.75) is 32.6 Å². The lowest BCUT2D eigenvalue weighted by molar-refractivity contribution is -0.118. The number of rotatable bonds is 2. The molecule has 8 heteroatoms. The van der Waals surface area contributed by atoms with E-state index in [2.05, 4.69) is 35.1 Å². The van der Waals surface area contributed by atoms with Crippen LogP contribution in [0.4, 0.5) is 5.95 Å². The number of aromatic amines is 1. The molecular formula is C18H18N6OS. The van der Waals surface area contributed by atoms with Crippen molar-refractivity contribution in [3.05, 3.63) is 51.4 Å². The molecule has 1 atom stereocenters. The van der Waals surface area contributed by atoms with Crippen LogP contribution in [0.2, 0.25) is 0 Å². The number of Topliss-reactive ketones (excluding diaryl/α,β-unsaturated/α-hetero) is 1. The zero-order valence-electron chi connectivity index (χ0n) is 14.5. The van der Waals surface area contributed by atoms with Crippen LogP contribution >= 0.6 is 11.3 Å². The molecule has 0 fully saturated rings. The molecule has 132 valence electrons. The van der Waals surface area contributed by atoms with Crippen LogP contribution in [-0.2, 0) is 4.79 Å². The fraction of sp³-hybridized carbons (Fsp3) is 0.333. The van der Waals surface area contributed by atoms with Crippen LogP contribution in [0.15, 0.2) is 45.8 Å². The molecule has 0 unspecified atom stereocenters. The summed E-state index contributed by atoms with van der Waals surface area (Å²) in [4.78, 5) is 19.0. The Morgan fingerprint density at radius 1 is 1.46 bits per heavy atom. The lowest BCUT2D eigenvalue weighted by Gasteiger charge is -2.42. The van der Waals surface area contributed by atoms with Crippen molar-refractivity contribution >= 4 is 23.1 Å². The molecular weight excluding hydrogens is 348 g/mol. The van der Waals surface area contributed by atoms with Crippen molar-refractivity contribution in [3.63, 3.8) is 0 Å². The second-order valence-electron chi connectivity index (χ2n) is 7.35. The summed E-state index contributed by atoms with van der Waals surface area (Å²) >= 11 is 1.54. The number of nitrogens with zero attached hydrogens (tertiary/aromatic N) is 4. The van der Waals surface area contributed by atoms with Crippen LogP contribution < -0.4 is 10.6 Å². The Labute approximate surface area is 154 Å². The number of carbonyl (C=O) groups is 1. The monoisotopic (exact) mass is 366 g/mol. The molecule has 0 saturated heterocycles. The first kappa shape index (κ1) is 16.5. The molecule has 2 aliphatic rings. The van der Waals surface area contributed by atoms with E-state index in [1.165, 1.54) is 17.7 Å². The Morgan fingerprint density at radius 2 is 2.27 bits per heavy atom. The van der Waals surface area contributed by atoms with Gasteiger partial charge in [0.15, 0.2) is 5.78 Å². The van der Waals surface area contributed by atoms with E-state index in [4.69, 9.17) is 5.73 Å². The molecule has 0 bridgehead atoms. The smallest absolute Gasteiger partial charge is 0.231 e. The molecule has 3 N–H and O–H groups in total. The number of hydrogen-bond acceptors (Lipinski definition) is 7. The van der Waals surface area contributed by atoms with Crippen LogP contribution in [0.5, 0.6) is 0 Å². The first-order valence-electron chi connectivity index (χ1n) is 8.26. The van der Waals surface area contributed by atoms with Gasteiger partial charge < -0.3 is 5.73 Å². The van der Waals surface area contributed by atoms with E-state index < -0.39 is 5.92 Å². The van der Waals surface area contributed by atoms with Gasteiger partial charge in [-0.15, -0.1) is 0 Å². The summed E-state index contributed by atoms with van der Waals surface area (Å²) in [6.07, 6.45) is 2.49. The van der Waals surface area contributed by atoms with Gasteiger partial charge in [-0.05, 0) is 34.2 Å². The summed E-state index contributed by atoms with van der Waals surface area (Å²) in [7, 11) is 0. The van der Waals surface area contributed by atoms with E-state index in [-0.39, 0.29) is 11.2 Å². The van der Waals surface area contributed by atoms with Crippen LogP contribution in [-0.4, -0.2) is 21.0 Å². The second kappa shape index (κ2) is 5.81. The van der Waals surface area contributed by atoms with Gasteiger partial charge in [0.2, 0.25) is 5.95 Å². The highest BCUT2D eigenvalue weighted by Gasteiger charge is 2.45. The summed E-state index contributed by atoms with van der Waals surface area (Å²) in [5.41, 5.74) is 8.95. The lowest BCUT2D eigenvalue weighted by atomic mass is 9.69. The van der Waals surface area contributed by atoms with E-state index in [0.717, 1.165) is 11.3 Å². The third kappa shape index (κ3) is 2.44. The first-order valence-corrected chi connectivity index (χ1v) is 9.21. The zero-order valence-corrected chi connectivity index (χ0v) is 15.3. The maximum atomic E-state index is 13.1. The number of nitriles is 1. The first-order chi connectivity index (χ1) is 12.4. The highest BCUT2D eigenvalue weighted by Crippen LogP contribution is 2.49. The fourth-order valence-corrected chi connectivity index (χ4v) is 4.52. The summed E-state index contributed by atoms with van der Waals surface area (Å²) in [6, 6.07) is 4.17. The molecule has 4 rings (SSSR count). The SMILES string of the molecule is CC1(C)CC(=O)C2=C(C1)N(c1ncn[nH]1)C(N)=C(C#N)[C@H]2c1ccsc1. The summed E-state index contributed by atoms with van der Waals surface area (Å²) in [5, 5.41) is 20.5. The minimum atomic E-state index is -0.427. The molecule has 26 heavy (non-hydrogen) atoms. The van der Waals surface area contributed by atoms with Gasteiger partial charge in [-0.3, -0.25) is 9.69 Å². The van der Waals surface area contributed by atoms with Crippen LogP contribution in [0, 0.1) is 16.7 Å². The van der Waals surface area contributed by atoms with Gasteiger partial charge in [0.25, 0.3) is 0 Å². The van der Waals surface area contributed by atoms with E-state index in [9.17, 15) is 10.1 Å². The number of aromatic nitrogens is 3. The van der Waals surface area contributed by atoms with E-state index in [0.29, 0.717) is 35.8 Å². The van der Waals surface area contributed by atoms with Crippen LogP contribution in [0.25, 0.3) is 0 Å². The maximum Gasteiger partial charge on any atom is 0.231 e. The third-order valence-corrected chi connectivity index (χ3v) is 5.57. The van der Waals surface area contributed by atoms with Gasteiger partial charge in [0.1, 0.15) is 12.1 Å². The topological polar surface area (TPSA) is 112 Å². The highest BCUT2D eigenvalue weighted by molar-refractivity contribution is 7.08. The predicted octanol–water partition coefficient (Wildman–Crippen LogP) is 2.81. The summed E-state index contributed by atoms with van der Waals surface area (Å²) in [6.45, 7) is 4.12. The van der Waals surface area contributed by atoms with Gasteiger partial charge in [-0.1, -0.05) is 13.8 Å². The third-order valence-electron chi connectivity index (χ3n) is 4.87. The molecule has 0 aromatic carbocycles. The number of H-pyrrole nitrogens is 1. The summed E-state index contributed by atoms with van der Waals surface area (Å²) in [5.74, 6) is 0.336. The minimum absolute atomic E-state index is 0.0530. The number of allylic oxidation sites excluding steroid dienone is 3. The van der Waals surface area contributed by atoms with Crippen molar-refractivity contribution in [1.82, 2.24) is 15.2 Å². The molecule has 2 aromatic rings. The average Bonchev–Trinajstić information content (AvgIpc) is 3.26. The summed E-state index contributed by atoms with van der Waals surface area (Å²) < 4.78 is 0. The van der Waals surface area contributed by atoms with Gasteiger partial charge in [-0.2, -0.15) is 26.7 Å². The van der Waals surface area contributed by atoms with Gasteiger partial charge in [-0.25, -0.2) is 5.10 Å². The molecule has 2 aromatic heterocycles. The number of carbonyl (C=O) groups excluding carboxylic acids is 1. The normalized spacial score (nSPS) is 22.4. The maximum absolute atomic E-state index is 13.1. The standard InChI is InChI=1S/C18H18N6OS/c1-18(2)5-12-15(13(25)6-18)14(10-3-4-26-8-10)11(7-19)16(20)24(12)17-21-9-22-23-17/h3-4,8-9,14H,5-6,20H2,1-2H3,(H,21,22,23)/t14-/m1/s1. The molecule has 7 nitrogen and oxygen atoms in total. The highest BCUT2D eigenvalue weighted by atomic mass is 32.1. The van der Waals surface area contributed by atoms with Gasteiger partial charge in [0, 0.05) is 17.7 Å². The van der Waals surface area contributed by atoms with Crippen molar-refractivity contribution in [1.29, 1.82) is 5.26 Å². The van der Waals surface area contributed by atoms with Crippen molar-refractivity contribution in [2.75, 3.05) is 4.90 Å². The number of nitrogens with one attached hydrogen (secondary N) is 1. The molecule has 0 amide bonds. The van der Waals surface area contributed by atoms with Crippen LogP contribution in [0.1, 0.15) is 38.2 Å². The minimum Gasteiger partial charge on any atom is -0.384 e. The van der Waals surface area contributed by atoms with Crippen molar-refractivity contribution in [3.8, 4) is 6.07 Å². The Morgan fingerprint density at radius 3 is 2.88 bits per heavy atom. The Balaban J connectivity index is 1.99. The van der Waals surface area contributed by atoms with E-state index >= 15 is 0 Å². The second-order valence-corrected chi connectivity index (χ2v) is 8.13. The van der Waals surface area contributed by atoms with E-state index in [1.807, 2.05) is 16.8 Å². The molecule has 0 spiro atoms. The van der Waals surface area contributed by atoms with Gasteiger partial charge in [0.05, 0.1) is 17.6 Å². The average molecular weight is 366 g/mol. The molecule has 1 aliphatic carbocycles. The number of anilines is 1. The largest absolute Gasteiger partial charge is 0.384 e. The quantitative estimate of drug-likeness (QED) is 0.845. The molecule has 0 saturated carbocycles. The zero-order chi connectivity index (χ0) is 18.5. The van der Waals surface area contributed by atoms with Crippen LogP contribution in [0.3, 0.4) is 0 Å². The Bertz CT molecular complexity index is 962. The number of thiophene rings is 1. The lowest BCUT2D eigenvalue weighted by Crippen LogP contribution is -2.42. The Hall–Kier alpha value is -2.92. The molecule has 3 heterocycles. The number of nitrogens with two attached hydrogens (primary N) is 1. The fourth-order valence-electron chi connectivity index (χ4n) is 3.83. The molecule has 1 aliphatic heterocycles. The predicted molar refractivity (Wildman–Crippen MR) is 97.8 cm³/mol.